The molecule has 6 heteroatoms. The highest BCUT2D eigenvalue weighted by atomic mass is 16.5. The first-order chi connectivity index (χ1) is 13.0. The maximum Gasteiger partial charge on any atom is 0.254 e. The summed E-state index contributed by atoms with van der Waals surface area (Å²) in [6, 6.07) is 5.33. The lowest BCUT2D eigenvalue weighted by molar-refractivity contribution is -0.121. The number of nitrogens with zero attached hydrogens (tertiary/aromatic N) is 2. The summed E-state index contributed by atoms with van der Waals surface area (Å²) in [6.45, 7) is 3.23. The summed E-state index contributed by atoms with van der Waals surface area (Å²) in [6.07, 6.45) is 4.63. The highest BCUT2D eigenvalue weighted by Gasteiger charge is 2.43. The van der Waals surface area contributed by atoms with Crippen LogP contribution in [-0.2, 0) is 4.79 Å². The molecule has 2 amide bonds. The molecule has 1 saturated heterocycles. The molecule has 2 aliphatic carbocycles. The lowest BCUT2D eigenvalue weighted by Gasteiger charge is -2.32. The predicted octanol–water partition coefficient (Wildman–Crippen LogP) is 2.46. The smallest absolute Gasteiger partial charge is 0.254 e. The van der Waals surface area contributed by atoms with E-state index in [-0.39, 0.29) is 17.7 Å². The van der Waals surface area contributed by atoms with Crippen molar-refractivity contribution in [1.82, 2.24) is 9.80 Å². The average Bonchev–Trinajstić information content (AvgIpc) is 3.31. The molecular weight excluding hydrogens is 342 g/mol. The molecule has 1 aromatic rings. The fraction of sp³-hybridized carbons (Fsp3) is 0.619. The van der Waals surface area contributed by atoms with Gasteiger partial charge >= 0.3 is 0 Å². The first-order valence-corrected chi connectivity index (χ1v) is 10.0. The van der Waals surface area contributed by atoms with Gasteiger partial charge in [-0.05, 0) is 56.3 Å². The van der Waals surface area contributed by atoms with E-state index < -0.39 is 0 Å². The number of piperazine rings is 1. The molecule has 6 nitrogen and oxygen atoms in total. The molecule has 1 heterocycles. The third-order valence-electron chi connectivity index (χ3n) is 6.57. The highest BCUT2D eigenvalue weighted by molar-refractivity contribution is 5.99. The summed E-state index contributed by atoms with van der Waals surface area (Å²) in [5.41, 5.74) is 1.20. The number of hydrogen-bond acceptors (Lipinski definition) is 4. The van der Waals surface area contributed by atoms with Crippen LogP contribution in [0.1, 0.15) is 36.0 Å². The maximum atomic E-state index is 12.9. The molecule has 0 aromatic heterocycles. The van der Waals surface area contributed by atoms with Gasteiger partial charge in [-0.2, -0.15) is 0 Å². The third kappa shape index (κ3) is 3.68. The Balaban J connectivity index is 1.49. The number of methoxy groups -OCH3 is 1. The number of carbonyl (C=O) groups is 2. The van der Waals surface area contributed by atoms with Crippen molar-refractivity contribution in [1.29, 1.82) is 0 Å². The summed E-state index contributed by atoms with van der Waals surface area (Å²) >= 11 is 0. The zero-order valence-electron chi connectivity index (χ0n) is 16.2. The quantitative estimate of drug-likeness (QED) is 0.883. The molecule has 146 valence electrons. The van der Waals surface area contributed by atoms with E-state index >= 15 is 0 Å². The minimum Gasteiger partial charge on any atom is -0.495 e. The number of likely N-dealkylation sites (N-methyl/N-ethyl adjacent to an activating group) is 1. The highest BCUT2D eigenvalue weighted by Crippen LogP contribution is 2.48. The van der Waals surface area contributed by atoms with Crippen LogP contribution in [0.5, 0.6) is 5.75 Å². The Hall–Kier alpha value is -2.08. The number of carbonyl (C=O) groups excluding carboxylic acids is 2. The van der Waals surface area contributed by atoms with Crippen LogP contribution >= 0.6 is 0 Å². The van der Waals surface area contributed by atoms with Crippen molar-refractivity contribution in [3.63, 3.8) is 0 Å². The van der Waals surface area contributed by atoms with Crippen LogP contribution in [0.15, 0.2) is 18.2 Å². The van der Waals surface area contributed by atoms with Gasteiger partial charge in [-0.15, -0.1) is 0 Å². The molecule has 4 rings (SSSR count). The molecule has 2 bridgehead atoms. The topological polar surface area (TPSA) is 61.9 Å². The molecule has 2 saturated carbocycles. The Morgan fingerprint density at radius 3 is 2.52 bits per heavy atom. The zero-order chi connectivity index (χ0) is 19.0. The summed E-state index contributed by atoms with van der Waals surface area (Å²) in [5.74, 6) is 2.03. The van der Waals surface area contributed by atoms with E-state index in [1.165, 1.54) is 19.3 Å². The van der Waals surface area contributed by atoms with Gasteiger partial charge in [0.1, 0.15) is 5.75 Å². The standard InChI is InChI=1S/C21H29N3O3/c1-23-7-9-24(10-8-23)21(26)16-5-6-19(27-2)18(13-16)22-20(25)17-12-14-3-4-15(17)11-14/h5-6,13-15,17H,3-4,7-12H2,1-2H3,(H,22,25)/t14-,15-,17-/m0/s1. The lowest BCUT2D eigenvalue weighted by atomic mass is 9.88. The second-order valence-corrected chi connectivity index (χ2v) is 8.28. The molecular formula is C21H29N3O3. The van der Waals surface area contributed by atoms with Crippen LogP contribution in [0.4, 0.5) is 5.69 Å². The minimum absolute atomic E-state index is 0.0150. The molecule has 27 heavy (non-hydrogen) atoms. The molecule has 0 unspecified atom stereocenters. The van der Waals surface area contributed by atoms with E-state index in [4.69, 9.17) is 4.74 Å². The lowest BCUT2D eigenvalue weighted by Crippen LogP contribution is -2.47. The Kier molecular flexibility index (Phi) is 5.08. The van der Waals surface area contributed by atoms with Gasteiger partial charge in [-0.3, -0.25) is 9.59 Å². The SMILES string of the molecule is COc1ccc(C(=O)N2CCN(C)CC2)cc1NC(=O)[C@H]1C[C@H]2CC[C@H]1C2. The van der Waals surface area contributed by atoms with Gasteiger partial charge in [0.15, 0.2) is 0 Å². The average molecular weight is 371 g/mol. The largest absolute Gasteiger partial charge is 0.495 e. The monoisotopic (exact) mass is 371 g/mol. The van der Waals surface area contributed by atoms with Crippen LogP contribution in [0.2, 0.25) is 0 Å². The molecule has 0 radical (unpaired) electrons. The molecule has 1 aliphatic heterocycles. The van der Waals surface area contributed by atoms with Crippen molar-refractivity contribution in [3.8, 4) is 5.75 Å². The zero-order valence-corrected chi connectivity index (χ0v) is 16.2. The van der Waals surface area contributed by atoms with E-state index in [1.807, 2.05) is 4.90 Å². The first kappa shape index (κ1) is 18.3. The van der Waals surface area contributed by atoms with E-state index in [9.17, 15) is 9.59 Å². The van der Waals surface area contributed by atoms with E-state index in [0.29, 0.717) is 22.9 Å². The second-order valence-electron chi connectivity index (χ2n) is 8.28. The summed E-state index contributed by atoms with van der Waals surface area (Å²) in [7, 11) is 3.66. The van der Waals surface area contributed by atoms with Crippen molar-refractivity contribution in [3.05, 3.63) is 23.8 Å². The number of benzene rings is 1. The van der Waals surface area contributed by atoms with Gasteiger partial charge in [0.25, 0.3) is 5.91 Å². The molecule has 3 atom stereocenters. The molecule has 3 fully saturated rings. The molecule has 0 spiro atoms. The van der Waals surface area contributed by atoms with Gasteiger partial charge < -0.3 is 19.9 Å². The van der Waals surface area contributed by atoms with Gasteiger partial charge in [0.05, 0.1) is 12.8 Å². The fourth-order valence-corrected chi connectivity index (χ4v) is 4.92. The number of rotatable bonds is 4. The fourth-order valence-electron chi connectivity index (χ4n) is 4.92. The first-order valence-electron chi connectivity index (χ1n) is 10.0. The Bertz CT molecular complexity index is 727. The summed E-state index contributed by atoms with van der Waals surface area (Å²) in [5, 5.41) is 3.05. The number of nitrogens with one attached hydrogen (secondary N) is 1. The summed E-state index contributed by atoms with van der Waals surface area (Å²) < 4.78 is 5.42. The molecule has 3 aliphatic rings. The van der Waals surface area contributed by atoms with Crippen molar-refractivity contribution in [2.45, 2.75) is 25.7 Å². The van der Waals surface area contributed by atoms with Crippen LogP contribution < -0.4 is 10.1 Å². The van der Waals surface area contributed by atoms with E-state index in [0.717, 1.165) is 38.5 Å². The van der Waals surface area contributed by atoms with Crippen LogP contribution in [0, 0.1) is 17.8 Å². The second kappa shape index (κ2) is 7.50. The van der Waals surface area contributed by atoms with Crippen molar-refractivity contribution in [2.24, 2.45) is 17.8 Å². The van der Waals surface area contributed by atoms with Gasteiger partial charge in [0.2, 0.25) is 5.91 Å². The van der Waals surface area contributed by atoms with E-state index in [1.54, 1.807) is 25.3 Å². The third-order valence-corrected chi connectivity index (χ3v) is 6.57. The van der Waals surface area contributed by atoms with Gasteiger partial charge in [-0.1, -0.05) is 6.42 Å². The summed E-state index contributed by atoms with van der Waals surface area (Å²) in [4.78, 5) is 29.8. The number of ether oxygens (including phenoxy) is 1. The normalized spacial score (nSPS) is 27.6. The van der Waals surface area contributed by atoms with Crippen molar-refractivity contribution in [2.75, 3.05) is 45.7 Å². The number of hydrogen-bond donors (Lipinski definition) is 1. The Labute approximate surface area is 160 Å². The minimum atomic E-state index is 0.0150. The van der Waals surface area contributed by atoms with Crippen LogP contribution in [0.25, 0.3) is 0 Å². The maximum absolute atomic E-state index is 12.9. The van der Waals surface area contributed by atoms with Gasteiger partial charge in [0, 0.05) is 37.7 Å². The molecule has 1 N–H and O–H groups in total. The van der Waals surface area contributed by atoms with Crippen LogP contribution in [0.3, 0.4) is 0 Å². The Morgan fingerprint density at radius 1 is 1.11 bits per heavy atom. The number of fused-ring (bicyclic) bond motifs is 2. The van der Waals surface area contributed by atoms with Crippen molar-refractivity contribution < 1.29 is 14.3 Å². The molecule has 1 aromatic carbocycles. The Morgan fingerprint density at radius 2 is 1.89 bits per heavy atom. The van der Waals surface area contributed by atoms with Gasteiger partial charge in [-0.25, -0.2) is 0 Å². The number of amides is 2. The predicted molar refractivity (Wildman–Crippen MR) is 104 cm³/mol. The number of anilines is 1. The van der Waals surface area contributed by atoms with Crippen molar-refractivity contribution >= 4 is 17.5 Å². The van der Waals surface area contributed by atoms with E-state index in [2.05, 4.69) is 17.3 Å². The van der Waals surface area contributed by atoms with Crippen LogP contribution in [-0.4, -0.2) is 62.0 Å².